The summed E-state index contributed by atoms with van der Waals surface area (Å²) in [6, 6.07) is 10.6. The van der Waals surface area contributed by atoms with Crippen LogP contribution in [0, 0.1) is 23.2 Å². The number of carbonyl (C=O) groups is 1. The van der Waals surface area contributed by atoms with Crippen LogP contribution in [0.25, 0.3) is 0 Å². The fourth-order valence-corrected chi connectivity index (χ4v) is 6.63. The van der Waals surface area contributed by atoms with E-state index < -0.39 is 0 Å². The molecule has 1 aromatic carbocycles. The Balaban J connectivity index is 1.34. The molecule has 2 saturated carbocycles. The van der Waals surface area contributed by atoms with E-state index in [9.17, 15) is 4.79 Å². The zero-order chi connectivity index (χ0) is 18.8. The summed E-state index contributed by atoms with van der Waals surface area (Å²) in [5.74, 6) is 0.666. The quantitative estimate of drug-likeness (QED) is 0.647. The highest BCUT2D eigenvalue weighted by molar-refractivity contribution is 5.76. The largest absolute Gasteiger partial charge is 0.462 e. The Morgan fingerprint density at radius 1 is 1.30 bits per heavy atom. The summed E-state index contributed by atoms with van der Waals surface area (Å²) in [5, 5.41) is 3.58. The summed E-state index contributed by atoms with van der Waals surface area (Å²) in [6.45, 7) is 7.54. The Morgan fingerprint density at radius 3 is 2.85 bits per heavy atom. The lowest BCUT2D eigenvalue weighted by Gasteiger charge is -2.48. The Kier molecular flexibility index (Phi) is 3.97. The number of hydrogen-bond acceptors (Lipinski definition) is 4. The summed E-state index contributed by atoms with van der Waals surface area (Å²) in [4.78, 5) is 12.7. The lowest BCUT2D eigenvalue weighted by molar-refractivity contribution is -0.146. The molecule has 4 fully saturated rings. The Morgan fingerprint density at radius 2 is 2.07 bits per heavy atom. The zero-order valence-corrected chi connectivity index (χ0v) is 16.6. The molecule has 1 aromatic rings. The molecule has 2 aliphatic heterocycles. The third kappa shape index (κ3) is 2.45. The zero-order valence-electron chi connectivity index (χ0n) is 16.6. The Hall–Kier alpha value is -1.39. The third-order valence-corrected chi connectivity index (χ3v) is 8.14. The number of esters is 1. The number of rotatable bonds is 4. The highest BCUT2D eigenvalue weighted by Crippen LogP contribution is 2.70. The molecule has 2 aliphatic carbocycles. The minimum Gasteiger partial charge on any atom is -0.462 e. The number of carbonyl (C=O) groups excluding carboxylic acids is 1. The number of ether oxygens (including phenoxy) is 2. The van der Waals surface area contributed by atoms with Gasteiger partial charge in [-0.2, -0.15) is 0 Å². The molecule has 27 heavy (non-hydrogen) atoms. The Labute approximate surface area is 162 Å². The molecule has 2 heterocycles. The van der Waals surface area contributed by atoms with Crippen LogP contribution in [0.1, 0.15) is 58.1 Å². The van der Waals surface area contributed by atoms with E-state index in [-0.39, 0.29) is 47.1 Å². The number of fused-ring (bicyclic) bond motifs is 2. The second-order valence-electron chi connectivity index (χ2n) is 9.59. The van der Waals surface area contributed by atoms with E-state index in [0.29, 0.717) is 12.5 Å². The number of nitrogens with one attached hydrogen (secondary N) is 1. The number of epoxide rings is 1. The maximum absolute atomic E-state index is 12.7. The molecular weight excluding hydrogens is 338 g/mol. The first-order chi connectivity index (χ1) is 13.0. The van der Waals surface area contributed by atoms with Crippen LogP contribution in [0.5, 0.6) is 0 Å². The van der Waals surface area contributed by atoms with E-state index in [1.54, 1.807) is 0 Å². The van der Waals surface area contributed by atoms with Crippen molar-refractivity contribution in [3.8, 4) is 0 Å². The molecule has 0 radical (unpaired) electrons. The average Bonchev–Trinajstić information content (AvgIpc) is 3.34. The van der Waals surface area contributed by atoms with Gasteiger partial charge in [-0.05, 0) is 37.7 Å². The summed E-state index contributed by atoms with van der Waals surface area (Å²) in [5.41, 5.74) is 1.40. The van der Waals surface area contributed by atoms with Gasteiger partial charge in [0.2, 0.25) is 0 Å². The summed E-state index contributed by atoms with van der Waals surface area (Å²) in [6.07, 6.45) is 4.90. The van der Waals surface area contributed by atoms with Crippen molar-refractivity contribution in [1.82, 2.24) is 5.32 Å². The molecule has 5 rings (SSSR count). The maximum Gasteiger partial charge on any atom is 0.311 e. The fraction of sp³-hybridized carbons (Fsp3) is 0.696. The van der Waals surface area contributed by atoms with E-state index in [1.165, 1.54) is 24.8 Å². The molecule has 4 aliphatic rings. The molecule has 0 unspecified atom stereocenters. The molecule has 0 aromatic heterocycles. The van der Waals surface area contributed by atoms with Gasteiger partial charge in [-0.25, -0.2) is 0 Å². The summed E-state index contributed by atoms with van der Waals surface area (Å²) < 4.78 is 12.4. The standard InChI is InChI=1S/C23H31NO3/c1-14-8-7-11-22(3)12-18-19(20-23(14,22)27-20)17(21(25)26-18)13-24-15(2)16-9-5-4-6-10-16/h4-6,9-10,14-15,17-20,24H,7-8,11-13H2,1-3H3/t14-,15-,17-,18+,19+,20-,22+,23-/m0/s1. The summed E-state index contributed by atoms with van der Waals surface area (Å²) in [7, 11) is 0. The Bertz CT molecular complexity index is 736. The molecule has 1 N–H and O–H groups in total. The van der Waals surface area contributed by atoms with Crippen molar-refractivity contribution in [1.29, 1.82) is 0 Å². The van der Waals surface area contributed by atoms with E-state index in [1.807, 2.05) is 6.07 Å². The molecule has 0 amide bonds. The average molecular weight is 370 g/mol. The van der Waals surface area contributed by atoms with Crippen molar-refractivity contribution in [2.45, 2.75) is 70.3 Å². The van der Waals surface area contributed by atoms with Crippen molar-refractivity contribution in [3.05, 3.63) is 35.9 Å². The first-order valence-electron chi connectivity index (χ1n) is 10.6. The number of hydrogen-bond donors (Lipinski definition) is 1. The van der Waals surface area contributed by atoms with Crippen LogP contribution in [0.2, 0.25) is 0 Å². The predicted octanol–water partition coefficient (Wildman–Crippen LogP) is 3.86. The minimum atomic E-state index is -0.0933. The normalized spacial score (nSPS) is 46.0. The van der Waals surface area contributed by atoms with Crippen LogP contribution in [-0.4, -0.2) is 30.3 Å². The van der Waals surface area contributed by atoms with Crippen molar-refractivity contribution < 1.29 is 14.3 Å². The van der Waals surface area contributed by atoms with Gasteiger partial charge in [-0.1, -0.05) is 50.6 Å². The highest BCUT2D eigenvalue weighted by atomic mass is 16.6. The van der Waals surface area contributed by atoms with Crippen LogP contribution in [0.15, 0.2) is 30.3 Å². The SMILES string of the molecule is C[C@H](NC[C@@H]1C(=O)O[C@@H]2C[C@@]3(C)CCC[C@H](C)[C@@]34O[C@H]4[C@H]12)c1ccccc1. The van der Waals surface area contributed by atoms with Gasteiger partial charge >= 0.3 is 5.97 Å². The van der Waals surface area contributed by atoms with Crippen LogP contribution in [-0.2, 0) is 14.3 Å². The van der Waals surface area contributed by atoms with Crippen molar-refractivity contribution >= 4 is 5.97 Å². The molecule has 0 bridgehead atoms. The van der Waals surface area contributed by atoms with Gasteiger partial charge < -0.3 is 14.8 Å². The lowest BCUT2D eigenvalue weighted by atomic mass is 9.53. The van der Waals surface area contributed by atoms with Gasteiger partial charge in [0.15, 0.2) is 0 Å². The molecule has 4 heteroatoms. The number of benzene rings is 1. The van der Waals surface area contributed by atoms with Crippen molar-refractivity contribution in [2.24, 2.45) is 23.2 Å². The molecule has 8 atom stereocenters. The van der Waals surface area contributed by atoms with Gasteiger partial charge in [0, 0.05) is 23.9 Å². The van der Waals surface area contributed by atoms with Gasteiger partial charge in [0.05, 0.1) is 12.0 Å². The van der Waals surface area contributed by atoms with Crippen LogP contribution in [0.3, 0.4) is 0 Å². The van der Waals surface area contributed by atoms with E-state index in [0.717, 1.165) is 6.42 Å². The molecule has 4 nitrogen and oxygen atoms in total. The topological polar surface area (TPSA) is 50.9 Å². The molecule has 2 saturated heterocycles. The monoisotopic (exact) mass is 369 g/mol. The molecule has 146 valence electrons. The minimum absolute atomic E-state index is 0.0102. The van der Waals surface area contributed by atoms with Crippen LogP contribution < -0.4 is 5.32 Å². The second kappa shape index (κ2) is 6.05. The summed E-state index contributed by atoms with van der Waals surface area (Å²) >= 11 is 0. The van der Waals surface area contributed by atoms with E-state index >= 15 is 0 Å². The fourth-order valence-electron chi connectivity index (χ4n) is 6.63. The van der Waals surface area contributed by atoms with Gasteiger partial charge in [0.1, 0.15) is 11.7 Å². The smallest absolute Gasteiger partial charge is 0.311 e. The highest BCUT2D eigenvalue weighted by Gasteiger charge is 2.78. The van der Waals surface area contributed by atoms with Crippen molar-refractivity contribution in [2.75, 3.05) is 6.54 Å². The van der Waals surface area contributed by atoms with Gasteiger partial charge in [0.25, 0.3) is 0 Å². The molecular formula is C23H31NO3. The van der Waals surface area contributed by atoms with Crippen molar-refractivity contribution in [3.63, 3.8) is 0 Å². The van der Waals surface area contributed by atoms with E-state index in [2.05, 4.69) is 50.4 Å². The predicted molar refractivity (Wildman–Crippen MR) is 103 cm³/mol. The first kappa shape index (κ1) is 17.7. The van der Waals surface area contributed by atoms with Crippen LogP contribution >= 0.6 is 0 Å². The first-order valence-corrected chi connectivity index (χ1v) is 10.6. The second-order valence-corrected chi connectivity index (χ2v) is 9.59. The third-order valence-electron chi connectivity index (χ3n) is 8.14. The van der Waals surface area contributed by atoms with E-state index in [4.69, 9.17) is 9.47 Å². The van der Waals surface area contributed by atoms with Gasteiger partial charge in [-0.3, -0.25) is 4.79 Å². The maximum atomic E-state index is 12.7. The van der Waals surface area contributed by atoms with Gasteiger partial charge in [-0.15, -0.1) is 0 Å². The lowest BCUT2D eigenvalue weighted by Crippen LogP contribution is -2.54. The van der Waals surface area contributed by atoms with Crippen LogP contribution in [0.4, 0.5) is 0 Å². The molecule has 1 spiro atoms.